The molecule has 0 N–H and O–H groups in total. The lowest BCUT2D eigenvalue weighted by Gasteiger charge is -2.42. The standard InChI is InChI=1S/C30H32F3NO2/c1-36-28-14-8-6-12-25(28)27(35)15-17-29(24-10-3-2-4-11-24)18-21-34(22-19-29)20-16-23-9-5-7-13-26(23)30(31,32)33/h2-14H,15-22H2,1H3. The number of Topliss-reactive ketones (excluding diaryl/α,β-unsaturated/α-hetero) is 1. The predicted molar refractivity (Wildman–Crippen MR) is 136 cm³/mol. The summed E-state index contributed by atoms with van der Waals surface area (Å²) in [6.07, 6.45) is -1.13. The van der Waals surface area contributed by atoms with Crippen LogP contribution in [0.4, 0.5) is 13.2 Å². The lowest BCUT2D eigenvalue weighted by atomic mass is 9.69. The van der Waals surface area contributed by atoms with Gasteiger partial charge in [-0.1, -0.05) is 60.7 Å². The third kappa shape index (κ3) is 5.98. The number of methoxy groups -OCH3 is 1. The number of ketones is 1. The van der Waals surface area contributed by atoms with E-state index < -0.39 is 11.7 Å². The van der Waals surface area contributed by atoms with Crippen LogP contribution in [0.5, 0.6) is 5.75 Å². The summed E-state index contributed by atoms with van der Waals surface area (Å²) in [5.41, 5.74) is 1.48. The highest BCUT2D eigenvalue weighted by Crippen LogP contribution is 2.40. The van der Waals surface area contributed by atoms with E-state index >= 15 is 0 Å². The zero-order chi connectivity index (χ0) is 25.6. The van der Waals surface area contributed by atoms with Crippen LogP contribution < -0.4 is 4.74 Å². The van der Waals surface area contributed by atoms with Gasteiger partial charge in [0, 0.05) is 13.0 Å². The molecule has 1 aliphatic heterocycles. The number of carbonyl (C=O) groups is 1. The van der Waals surface area contributed by atoms with Crippen LogP contribution in [0, 0.1) is 0 Å². The number of alkyl halides is 3. The average molecular weight is 496 g/mol. The van der Waals surface area contributed by atoms with Crippen molar-refractivity contribution in [2.24, 2.45) is 0 Å². The number of para-hydroxylation sites is 1. The first-order chi connectivity index (χ1) is 17.3. The van der Waals surface area contributed by atoms with Crippen molar-refractivity contribution < 1.29 is 22.7 Å². The third-order valence-electron chi connectivity index (χ3n) is 7.46. The summed E-state index contributed by atoms with van der Waals surface area (Å²) in [5.74, 6) is 0.652. The minimum Gasteiger partial charge on any atom is -0.496 e. The smallest absolute Gasteiger partial charge is 0.416 e. The Balaban J connectivity index is 1.43. The Morgan fingerprint density at radius 1 is 0.917 bits per heavy atom. The second-order valence-corrected chi connectivity index (χ2v) is 9.52. The Labute approximate surface area is 210 Å². The highest BCUT2D eigenvalue weighted by Gasteiger charge is 2.37. The molecule has 3 aromatic carbocycles. The molecular weight excluding hydrogens is 463 g/mol. The monoisotopic (exact) mass is 495 g/mol. The zero-order valence-electron chi connectivity index (χ0n) is 20.6. The maximum Gasteiger partial charge on any atom is 0.416 e. The highest BCUT2D eigenvalue weighted by atomic mass is 19.4. The van der Waals surface area contributed by atoms with Crippen LogP contribution in [0.1, 0.15) is 52.7 Å². The van der Waals surface area contributed by atoms with E-state index in [0.29, 0.717) is 36.3 Å². The molecular formula is C30H32F3NO2. The van der Waals surface area contributed by atoms with Crippen LogP contribution in [0.25, 0.3) is 0 Å². The summed E-state index contributed by atoms with van der Waals surface area (Å²) in [5, 5.41) is 0. The summed E-state index contributed by atoms with van der Waals surface area (Å²) in [6.45, 7) is 2.15. The van der Waals surface area contributed by atoms with Crippen molar-refractivity contribution >= 4 is 5.78 Å². The number of carbonyl (C=O) groups excluding carboxylic acids is 1. The number of benzene rings is 3. The first-order valence-electron chi connectivity index (χ1n) is 12.4. The van der Waals surface area contributed by atoms with Crippen LogP contribution in [-0.4, -0.2) is 37.4 Å². The van der Waals surface area contributed by atoms with Crippen molar-refractivity contribution in [1.82, 2.24) is 4.90 Å². The molecule has 1 heterocycles. The van der Waals surface area contributed by atoms with Gasteiger partial charge in [-0.25, -0.2) is 0 Å². The van der Waals surface area contributed by atoms with E-state index in [9.17, 15) is 18.0 Å². The van der Waals surface area contributed by atoms with Crippen LogP contribution in [0.3, 0.4) is 0 Å². The molecule has 0 spiro atoms. The van der Waals surface area contributed by atoms with E-state index in [4.69, 9.17) is 4.74 Å². The van der Waals surface area contributed by atoms with Crippen molar-refractivity contribution in [2.75, 3.05) is 26.7 Å². The van der Waals surface area contributed by atoms with Crippen molar-refractivity contribution in [3.63, 3.8) is 0 Å². The number of rotatable bonds is 9. The van der Waals surface area contributed by atoms with Gasteiger partial charge in [-0.2, -0.15) is 13.2 Å². The second kappa shape index (κ2) is 11.3. The van der Waals surface area contributed by atoms with Crippen molar-refractivity contribution in [2.45, 2.75) is 43.7 Å². The van der Waals surface area contributed by atoms with Crippen LogP contribution in [-0.2, 0) is 18.0 Å². The van der Waals surface area contributed by atoms with Crippen molar-refractivity contribution in [3.05, 3.63) is 101 Å². The molecule has 4 rings (SSSR count). The number of hydrogen-bond donors (Lipinski definition) is 0. The molecule has 0 unspecified atom stereocenters. The normalized spacial score (nSPS) is 16.0. The lowest BCUT2D eigenvalue weighted by molar-refractivity contribution is -0.138. The van der Waals surface area contributed by atoms with Crippen molar-refractivity contribution in [1.29, 1.82) is 0 Å². The summed E-state index contributed by atoms with van der Waals surface area (Å²) >= 11 is 0. The van der Waals surface area contributed by atoms with E-state index in [2.05, 4.69) is 17.0 Å². The van der Waals surface area contributed by atoms with Crippen LogP contribution in [0.15, 0.2) is 78.9 Å². The molecule has 1 fully saturated rings. The molecule has 1 saturated heterocycles. The molecule has 0 radical (unpaired) electrons. The molecule has 190 valence electrons. The van der Waals surface area contributed by atoms with E-state index in [0.717, 1.165) is 38.4 Å². The van der Waals surface area contributed by atoms with Gasteiger partial charge in [-0.05, 0) is 73.5 Å². The van der Waals surface area contributed by atoms with E-state index in [1.807, 2.05) is 30.3 Å². The summed E-state index contributed by atoms with van der Waals surface area (Å²) in [7, 11) is 1.57. The van der Waals surface area contributed by atoms with Gasteiger partial charge in [0.1, 0.15) is 5.75 Å². The number of halogens is 3. The topological polar surface area (TPSA) is 29.5 Å². The van der Waals surface area contributed by atoms with Crippen LogP contribution in [0.2, 0.25) is 0 Å². The minimum atomic E-state index is -4.34. The first-order valence-corrected chi connectivity index (χ1v) is 12.4. The van der Waals surface area contributed by atoms with Crippen LogP contribution >= 0.6 is 0 Å². The quantitative estimate of drug-likeness (QED) is 0.301. The van der Waals surface area contributed by atoms with Gasteiger partial charge in [0.25, 0.3) is 0 Å². The Morgan fingerprint density at radius 2 is 1.56 bits per heavy atom. The van der Waals surface area contributed by atoms with Gasteiger partial charge in [-0.3, -0.25) is 4.79 Å². The van der Waals surface area contributed by atoms with Gasteiger partial charge in [0.15, 0.2) is 5.78 Å². The van der Waals surface area contributed by atoms with Gasteiger partial charge >= 0.3 is 6.18 Å². The first kappa shape index (κ1) is 26.0. The molecule has 0 amide bonds. The Hall–Kier alpha value is -3.12. The molecule has 3 nitrogen and oxygen atoms in total. The Kier molecular flexibility index (Phi) is 8.14. The van der Waals surface area contributed by atoms with E-state index in [1.165, 1.54) is 11.6 Å². The van der Waals surface area contributed by atoms with Gasteiger partial charge in [-0.15, -0.1) is 0 Å². The number of nitrogens with zero attached hydrogens (tertiary/aromatic N) is 1. The highest BCUT2D eigenvalue weighted by molar-refractivity contribution is 5.98. The average Bonchev–Trinajstić information content (AvgIpc) is 2.91. The second-order valence-electron chi connectivity index (χ2n) is 9.52. The largest absolute Gasteiger partial charge is 0.496 e. The number of hydrogen-bond acceptors (Lipinski definition) is 3. The van der Waals surface area contributed by atoms with E-state index in [1.54, 1.807) is 31.4 Å². The minimum absolute atomic E-state index is 0.0638. The molecule has 0 aliphatic carbocycles. The number of likely N-dealkylation sites (tertiary alicyclic amines) is 1. The van der Waals surface area contributed by atoms with E-state index in [-0.39, 0.29) is 11.2 Å². The Morgan fingerprint density at radius 3 is 2.25 bits per heavy atom. The molecule has 0 bridgehead atoms. The summed E-state index contributed by atoms with van der Waals surface area (Å²) in [4.78, 5) is 15.3. The fourth-order valence-electron chi connectivity index (χ4n) is 5.34. The third-order valence-corrected chi connectivity index (χ3v) is 7.46. The fraction of sp³-hybridized carbons (Fsp3) is 0.367. The fourth-order valence-corrected chi connectivity index (χ4v) is 5.34. The lowest BCUT2D eigenvalue weighted by Crippen LogP contribution is -2.43. The number of piperidine rings is 1. The maximum atomic E-state index is 13.4. The predicted octanol–water partition coefficient (Wildman–Crippen LogP) is 6.95. The number of ether oxygens (including phenoxy) is 1. The molecule has 0 atom stereocenters. The summed E-state index contributed by atoms with van der Waals surface area (Å²) in [6, 6.07) is 23.4. The summed E-state index contributed by atoms with van der Waals surface area (Å²) < 4.78 is 45.5. The molecule has 36 heavy (non-hydrogen) atoms. The zero-order valence-corrected chi connectivity index (χ0v) is 20.6. The molecule has 6 heteroatoms. The van der Waals surface area contributed by atoms with Crippen molar-refractivity contribution in [3.8, 4) is 5.75 Å². The molecule has 0 saturated carbocycles. The SMILES string of the molecule is COc1ccccc1C(=O)CCC1(c2ccccc2)CCN(CCc2ccccc2C(F)(F)F)CC1. The molecule has 3 aromatic rings. The maximum absolute atomic E-state index is 13.4. The molecule has 1 aliphatic rings. The van der Waals surface area contributed by atoms with Gasteiger partial charge in [0.05, 0.1) is 18.2 Å². The van der Waals surface area contributed by atoms with Gasteiger partial charge in [0.2, 0.25) is 0 Å². The molecule has 0 aromatic heterocycles. The Bertz CT molecular complexity index is 1150. The van der Waals surface area contributed by atoms with Gasteiger partial charge < -0.3 is 9.64 Å².